The number of nitrogens with one attached hydrogen (secondary N) is 1. The van der Waals surface area contributed by atoms with E-state index in [1.807, 2.05) is 60.7 Å². The minimum atomic E-state index is -3.47. The van der Waals surface area contributed by atoms with Crippen LogP contribution in [0.25, 0.3) is 10.4 Å². The summed E-state index contributed by atoms with van der Waals surface area (Å²) in [6.07, 6.45) is 1.70. The number of sulfone groups is 1. The number of amides is 1. The first kappa shape index (κ1) is 22.2. The first-order valence-corrected chi connectivity index (χ1v) is 12.8. The van der Waals surface area contributed by atoms with Crippen LogP contribution in [-0.2, 0) is 16.3 Å². The average molecular weight is 483 g/mol. The average Bonchev–Trinajstić information content (AvgIpc) is 3.16. The number of nitrogens with zero attached hydrogens (tertiary/aromatic N) is 1. The van der Waals surface area contributed by atoms with Crippen LogP contribution >= 0.6 is 22.9 Å². The predicted octanol–water partition coefficient (Wildman–Crippen LogP) is 5.71. The van der Waals surface area contributed by atoms with Crippen LogP contribution in [-0.4, -0.2) is 25.6 Å². The molecule has 0 aliphatic heterocycles. The highest BCUT2D eigenvalue weighted by atomic mass is 35.5. The second kappa shape index (κ2) is 9.24. The smallest absolute Gasteiger partial charge is 0.259 e. The molecule has 0 saturated heterocycles. The highest BCUT2D eigenvalue weighted by molar-refractivity contribution is 7.90. The molecule has 1 aromatic heterocycles. The molecule has 0 unspecified atom stereocenters. The highest BCUT2D eigenvalue weighted by Gasteiger charge is 2.19. The third-order valence-electron chi connectivity index (χ3n) is 4.78. The maximum Gasteiger partial charge on any atom is 0.259 e. The number of hydrogen-bond acceptors (Lipinski definition) is 5. The van der Waals surface area contributed by atoms with Crippen molar-refractivity contribution in [3.05, 3.63) is 101 Å². The molecule has 4 aromatic rings. The lowest BCUT2D eigenvalue weighted by atomic mass is 10.1. The molecular weight excluding hydrogens is 464 g/mol. The number of thiazole rings is 1. The summed E-state index contributed by atoms with van der Waals surface area (Å²) in [5, 5.41) is 3.37. The van der Waals surface area contributed by atoms with Crippen molar-refractivity contribution in [2.75, 3.05) is 11.6 Å². The fourth-order valence-electron chi connectivity index (χ4n) is 3.20. The summed E-state index contributed by atoms with van der Waals surface area (Å²) in [5.41, 5.74) is 3.04. The van der Waals surface area contributed by atoms with Gasteiger partial charge in [0, 0.05) is 12.7 Å². The van der Waals surface area contributed by atoms with Crippen molar-refractivity contribution in [3.8, 4) is 10.4 Å². The number of carbonyl (C=O) groups excluding carboxylic acids is 1. The maximum atomic E-state index is 12.9. The Morgan fingerprint density at radius 3 is 2.31 bits per heavy atom. The van der Waals surface area contributed by atoms with E-state index in [9.17, 15) is 13.2 Å². The number of anilines is 1. The molecule has 0 fully saturated rings. The monoisotopic (exact) mass is 482 g/mol. The zero-order valence-electron chi connectivity index (χ0n) is 17.1. The first-order valence-electron chi connectivity index (χ1n) is 9.71. The van der Waals surface area contributed by atoms with Gasteiger partial charge in [-0.2, -0.15) is 0 Å². The lowest BCUT2D eigenvalue weighted by molar-refractivity contribution is 0.102. The Hall–Kier alpha value is -3.00. The summed E-state index contributed by atoms with van der Waals surface area (Å²) in [4.78, 5) is 18.6. The summed E-state index contributed by atoms with van der Waals surface area (Å²) >= 11 is 7.54. The third-order valence-corrected chi connectivity index (χ3v) is 7.28. The second-order valence-electron chi connectivity index (χ2n) is 7.19. The van der Waals surface area contributed by atoms with Gasteiger partial charge >= 0.3 is 0 Å². The minimum absolute atomic E-state index is 0.0286. The van der Waals surface area contributed by atoms with Crippen LogP contribution in [0.3, 0.4) is 0 Å². The number of benzene rings is 3. The number of rotatable bonds is 6. The van der Waals surface area contributed by atoms with Gasteiger partial charge in [-0.3, -0.25) is 10.1 Å². The van der Waals surface area contributed by atoms with Gasteiger partial charge in [-0.15, -0.1) is 0 Å². The van der Waals surface area contributed by atoms with Crippen LogP contribution < -0.4 is 5.32 Å². The van der Waals surface area contributed by atoms with Crippen molar-refractivity contribution in [1.82, 2.24) is 4.98 Å². The molecule has 0 spiro atoms. The van der Waals surface area contributed by atoms with Crippen LogP contribution in [0.2, 0.25) is 5.02 Å². The Kier molecular flexibility index (Phi) is 6.41. The van der Waals surface area contributed by atoms with Gasteiger partial charge in [0.1, 0.15) is 0 Å². The van der Waals surface area contributed by atoms with E-state index in [-0.39, 0.29) is 15.5 Å². The molecule has 5 nitrogen and oxygen atoms in total. The molecule has 0 atom stereocenters. The van der Waals surface area contributed by atoms with Gasteiger partial charge in [-0.1, -0.05) is 83.6 Å². The zero-order chi connectivity index (χ0) is 22.7. The maximum absolute atomic E-state index is 12.9. The van der Waals surface area contributed by atoms with Crippen LogP contribution in [0, 0.1) is 0 Å². The summed E-state index contributed by atoms with van der Waals surface area (Å²) in [7, 11) is -3.47. The lowest BCUT2D eigenvalue weighted by Crippen LogP contribution is -2.13. The minimum Gasteiger partial charge on any atom is -0.298 e. The molecule has 1 heterocycles. The lowest BCUT2D eigenvalue weighted by Gasteiger charge is -2.06. The van der Waals surface area contributed by atoms with Gasteiger partial charge in [0.2, 0.25) is 0 Å². The fourth-order valence-corrected chi connectivity index (χ4v) is 5.04. The van der Waals surface area contributed by atoms with E-state index in [1.54, 1.807) is 0 Å². The van der Waals surface area contributed by atoms with Crippen LogP contribution in [0.5, 0.6) is 0 Å². The molecule has 3 aromatic carbocycles. The number of carbonyl (C=O) groups is 1. The zero-order valence-corrected chi connectivity index (χ0v) is 19.5. The van der Waals surface area contributed by atoms with Crippen molar-refractivity contribution in [1.29, 1.82) is 0 Å². The SMILES string of the molecule is CS(=O)(=O)c1ccc(Cl)c(C(=O)Nc2nc(Cc3ccccc3)c(-c3ccccc3)s2)c1. The largest absolute Gasteiger partial charge is 0.298 e. The van der Waals surface area contributed by atoms with Gasteiger partial charge < -0.3 is 0 Å². The summed E-state index contributed by atoms with van der Waals surface area (Å²) in [6, 6.07) is 23.9. The van der Waals surface area contributed by atoms with E-state index < -0.39 is 15.7 Å². The number of hydrogen-bond donors (Lipinski definition) is 1. The molecule has 32 heavy (non-hydrogen) atoms. The van der Waals surface area contributed by atoms with E-state index in [0.29, 0.717) is 11.6 Å². The Labute approximate surface area is 195 Å². The van der Waals surface area contributed by atoms with Crippen molar-refractivity contribution in [2.45, 2.75) is 11.3 Å². The van der Waals surface area contributed by atoms with Crippen LogP contribution in [0.15, 0.2) is 83.8 Å². The molecule has 1 amide bonds. The molecule has 0 aliphatic rings. The van der Waals surface area contributed by atoms with E-state index in [0.717, 1.165) is 28.0 Å². The van der Waals surface area contributed by atoms with Crippen molar-refractivity contribution < 1.29 is 13.2 Å². The van der Waals surface area contributed by atoms with Crippen LogP contribution in [0.1, 0.15) is 21.6 Å². The second-order valence-corrected chi connectivity index (χ2v) is 10.6. The normalized spacial score (nSPS) is 11.3. The summed E-state index contributed by atoms with van der Waals surface area (Å²) in [6.45, 7) is 0. The van der Waals surface area contributed by atoms with E-state index >= 15 is 0 Å². The third kappa shape index (κ3) is 5.07. The van der Waals surface area contributed by atoms with Gasteiger partial charge in [-0.25, -0.2) is 13.4 Å². The van der Waals surface area contributed by atoms with E-state index in [2.05, 4.69) is 10.3 Å². The van der Waals surface area contributed by atoms with E-state index in [4.69, 9.17) is 11.6 Å². The molecule has 0 aliphatic carbocycles. The van der Waals surface area contributed by atoms with Gasteiger partial charge in [0.15, 0.2) is 15.0 Å². The molecule has 0 radical (unpaired) electrons. The molecule has 162 valence electrons. The Morgan fingerprint density at radius 1 is 1.00 bits per heavy atom. The molecule has 0 bridgehead atoms. The molecular formula is C24H19ClN2O3S2. The first-order chi connectivity index (χ1) is 15.3. The van der Waals surface area contributed by atoms with Crippen molar-refractivity contribution in [3.63, 3.8) is 0 Å². The Morgan fingerprint density at radius 2 is 1.66 bits per heavy atom. The predicted molar refractivity (Wildman–Crippen MR) is 129 cm³/mol. The topological polar surface area (TPSA) is 76.1 Å². The number of halogens is 1. The molecule has 1 N–H and O–H groups in total. The molecule has 8 heteroatoms. The standard InChI is InChI=1S/C24H19ClN2O3S2/c1-32(29,30)18-12-13-20(25)19(15-18)23(28)27-24-26-21(14-16-8-4-2-5-9-16)22(31-24)17-10-6-3-7-11-17/h2-13,15H,14H2,1H3,(H,26,27,28). The van der Waals surface area contributed by atoms with Crippen molar-refractivity contribution in [2.24, 2.45) is 0 Å². The van der Waals surface area contributed by atoms with E-state index in [1.165, 1.54) is 29.5 Å². The quantitative estimate of drug-likeness (QED) is 0.382. The van der Waals surface area contributed by atoms with Gasteiger partial charge in [0.25, 0.3) is 5.91 Å². The summed E-state index contributed by atoms with van der Waals surface area (Å²) in [5.74, 6) is -0.514. The molecule has 4 rings (SSSR count). The number of aromatic nitrogens is 1. The van der Waals surface area contributed by atoms with Crippen molar-refractivity contribution >= 4 is 43.8 Å². The summed E-state index contributed by atoms with van der Waals surface area (Å²) < 4.78 is 23.7. The molecule has 0 saturated carbocycles. The highest BCUT2D eigenvalue weighted by Crippen LogP contribution is 2.35. The Balaban J connectivity index is 1.68. The van der Waals surface area contributed by atoms with Gasteiger partial charge in [0.05, 0.1) is 26.1 Å². The fraction of sp³-hybridized carbons (Fsp3) is 0.0833. The van der Waals surface area contributed by atoms with Crippen LogP contribution in [0.4, 0.5) is 5.13 Å². The Bertz CT molecular complexity index is 1370. The van der Waals surface area contributed by atoms with Gasteiger partial charge in [-0.05, 0) is 29.3 Å².